The molecule has 1 aliphatic carbocycles. The Balaban J connectivity index is 1.49. The van der Waals surface area contributed by atoms with Crippen molar-refractivity contribution in [1.29, 1.82) is 0 Å². The van der Waals surface area contributed by atoms with Gasteiger partial charge in [0, 0.05) is 25.2 Å². The van der Waals surface area contributed by atoms with Gasteiger partial charge in [-0.15, -0.1) is 0 Å². The van der Waals surface area contributed by atoms with Crippen molar-refractivity contribution in [3.05, 3.63) is 35.7 Å². The van der Waals surface area contributed by atoms with Crippen LogP contribution in [0, 0.1) is 23.6 Å². The Morgan fingerprint density at radius 3 is 2.27 bits per heavy atom. The summed E-state index contributed by atoms with van der Waals surface area (Å²) in [7, 11) is 0. The van der Waals surface area contributed by atoms with Crippen LogP contribution in [0.5, 0.6) is 0 Å². The molecule has 33 heavy (non-hydrogen) atoms. The number of likely N-dealkylation sites (tertiary alicyclic amines) is 1. The number of rotatable bonds is 3. The minimum atomic E-state index is -4.86. The fourth-order valence-electron chi connectivity index (χ4n) is 4.58. The first-order valence-corrected chi connectivity index (χ1v) is 10.6. The summed E-state index contributed by atoms with van der Waals surface area (Å²) in [4.78, 5) is 30.4. The predicted molar refractivity (Wildman–Crippen MR) is 110 cm³/mol. The molecule has 2 aromatic rings. The Kier molecular flexibility index (Phi) is 5.18. The summed E-state index contributed by atoms with van der Waals surface area (Å²) in [6, 6.07) is 2.21. The molecule has 0 spiro atoms. The van der Waals surface area contributed by atoms with Gasteiger partial charge in [0.25, 0.3) is 0 Å². The first-order valence-electron chi connectivity index (χ1n) is 10.6. The fourth-order valence-corrected chi connectivity index (χ4v) is 4.58. The molecule has 2 fully saturated rings. The van der Waals surface area contributed by atoms with Crippen molar-refractivity contribution < 1.29 is 31.9 Å². The number of halogens is 4. The van der Waals surface area contributed by atoms with Crippen LogP contribution >= 0.6 is 0 Å². The van der Waals surface area contributed by atoms with Gasteiger partial charge < -0.3 is 15.0 Å². The number of piperidine rings is 1. The third-order valence-electron chi connectivity index (χ3n) is 6.03. The van der Waals surface area contributed by atoms with Crippen molar-refractivity contribution in [2.45, 2.75) is 51.9 Å². The van der Waals surface area contributed by atoms with E-state index < -0.39 is 40.4 Å². The van der Waals surface area contributed by atoms with Crippen LogP contribution in [0.4, 0.5) is 22.4 Å². The lowest BCUT2D eigenvalue weighted by Gasteiger charge is -2.27. The maximum absolute atomic E-state index is 14.2. The SMILES string of the molecule is CC(C)(C)OC(=O)N1C[C@@H]2[C@H](C1)[C@H]2C(=O)NC(C)(C)c1nc(C(F)(F)F)c2c(F)cccn12. The molecule has 3 heterocycles. The van der Waals surface area contributed by atoms with Gasteiger partial charge in [-0.1, -0.05) is 0 Å². The van der Waals surface area contributed by atoms with E-state index >= 15 is 0 Å². The number of hydrogen-bond donors (Lipinski definition) is 1. The molecule has 3 atom stereocenters. The zero-order chi connectivity index (χ0) is 24.5. The van der Waals surface area contributed by atoms with E-state index in [1.165, 1.54) is 26.1 Å². The summed E-state index contributed by atoms with van der Waals surface area (Å²) in [5.41, 5.74) is -3.95. The lowest BCUT2D eigenvalue weighted by Crippen LogP contribution is -2.45. The van der Waals surface area contributed by atoms with Crippen LogP contribution in [0.1, 0.15) is 46.1 Å². The minimum Gasteiger partial charge on any atom is -0.444 e. The highest BCUT2D eigenvalue weighted by Crippen LogP contribution is 2.52. The number of nitrogens with zero attached hydrogens (tertiary/aromatic N) is 3. The molecule has 0 aromatic carbocycles. The Morgan fingerprint density at radius 1 is 1.12 bits per heavy atom. The first-order chi connectivity index (χ1) is 15.1. The smallest absolute Gasteiger partial charge is 0.435 e. The second-order valence-electron chi connectivity index (χ2n) is 10.2. The average Bonchev–Trinajstić information content (AvgIpc) is 3.00. The molecule has 0 unspecified atom stereocenters. The lowest BCUT2D eigenvalue weighted by molar-refractivity contribution is -0.139. The third kappa shape index (κ3) is 4.24. The monoisotopic (exact) mass is 470 g/mol. The molecule has 1 aliphatic heterocycles. The fraction of sp³-hybridized carbons (Fsp3) is 0.591. The zero-order valence-electron chi connectivity index (χ0n) is 19.0. The molecule has 0 bridgehead atoms. The van der Waals surface area contributed by atoms with E-state index in [0.29, 0.717) is 13.1 Å². The molecular weight excluding hydrogens is 444 g/mol. The van der Waals surface area contributed by atoms with Gasteiger partial charge in [0.2, 0.25) is 5.91 Å². The van der Waals surface area contributed by atoms with Crippen LogP contribution in [-0.4, -0.2) is 45.0 Å². The van der Waals surface area contributed by atoms with Gasteiger partial charge in [0.15, 0.2) is 5.69 Å². The molecule has 2 amide bonds. The third-order valence-corrected chi connectivity index (χ3v) is 6.03. The number of carbonyl (C=O) groups is 2. The maximum Gasteiger partial charge on any atom is 0.435 e. The highest BCUT2D eigenvalue weighted by molar-refractivity contribution is 5.84. The van der Waals surface area contributed by atoms with Gasteiger partial charge >= 0.3 is 12.3 Å². The normalized spacial score (nSPS) is 22.9. The summed E-state index contributed by atoms with van der Waals surface area (Å²) in [5.74, 6) is -1.93. The molecule has 2 aromatic heterocycles. The van der Waals surface area contributed by atoms with E-state index in [0.717, 1.165) is 10.5 Å². The Labute approximate surface area is 188 Å². The maximum atomic E-state index is 14.2. The summed E-state index contributed by atoms with van der Waals surface area (Å²) >= 11 is 0. The van der Waals surface area contributed by atoms with E-state index in [1.807, 2.05) is 0 Å². The van der Waals surface area contributed by atoms with Crippen LogP contribution < -0.4 is 5.32 Å². The van der Waals surface area contributed by atoms with E-state index in [-0.39, 0.29) is 29.5 Å². The van der Waals surface area contributed by atoms with Crippen LogP contribution in [0.3, 0.4) is 0 Å². The number of carbonyl (C=O) groups excluding carboxylic acids is 2. The topological polar surface area (TPSA) is 75.9 Å². The quantitative estimate of drug-likeness (QED) is 0.690. The molecule has 7 nitrogen and oxygen atoms in total. The minimum absolute atomic E-state index is 0.0338. The summed E-state index contributed by atoms with van der Waals surface area (Å²) in [5, 5.41) is 2.78. The van der Waals surface area contributed by atoms with E-state index in [2.05, 4.69) is 10.3 Å². The second-order valence-corrected chi connectivity index (χ2v) is 10.2. The molecular formula is C22H26F4N4O3. The molecule has 1 saturated carbocycles. The van der Waals surface area contributed by atoms with Crippen LogP contribution in [0.2, 0.25) is 0 Å². The van der Waals surface area contributed by atoms with E-state index in [1.54, 1.807) is 25.7 Å². The average molecular weight is 470 g/mol. The summed E-state index contributed by atoms with van der Waals surface area (Å²) < 4.78 is 61.1. The zero-order valence-corrected chi connectivity index (χ0v) is 19.0. The van der Waals surface area contributed by atoms with E-state index in [4.69, 9.17) is 4.74 Å². The van der Waals surface area contributed by atoms with Gasteiger partial charge in [-0.3, -0.25) is 9.20 Å². The molecule has 180 valence electrons. The number of hydrogen-bond acceptors (Lipinski definition) is 4. The van der Waals surface area contributed by atoms with Crippen molar-refractivity contribution >= 4 is 17.5 Å². The summed E-state index contributed by atoms with van der Waals surface area (Å²) in [6.07, 6.45) is -4.00. The standard InChI is InChI=1S/C22H26F4N4O3/c1-20(2,3)33-19(32)29-9-11-12(10-29)14(11)17(31)28-21(4,5)18-27-16(22(24,25)26)15-13(23)7-6-8-30(15)18/h6-8,11-12,14H,9-10H2,1-5H3,(H,28,31)/t11-,12+,14+. The number of imidazole rings is 1. The molecule has 0 radical (unpaired) electrons. The van der Waals surface area contributed by atoms with Crippen LogP contribution in [0.25, 0.3) is 5.52 Å². The number of aromatic nitrogens is 2. The number of fused-ring (bicyclic) bond motifs is 2. The van der Waals surface area contributed by atoms with Gasteiger partial charge in [-0.25, -0.2) is 14.2 Å². The highest BCUT2D eigenvalue weighted by atomic mass is 19.4. The molecule has 1 saturated heterocycles. The Bertz CT molecular complexity index is 1110. The van der Waals surface area contributed by atoms with Gasteiger partial charge in [-0.05, 0) is 58.6 Å². The predicted octanol–water partition coefficient (Wildman–Crippen LogP) is 3.96. The van der Waals surface area contributed by atoms with Crippen molar-refractivity contribution in [2.75, 3.05) is 13.1 Å². The van der Waals surface area contributed by atoms with Crippen molar-refractivity contribution in [3.63, 3.8) is 0 Å². The Hall–Kier alpha value is -2.85. The number of ether oxygens (including phenoxy) is 1. The largest absolute Gasteiger partial charge is 0.444 e. The number of nitrogens with one attached hydrogen (secondary N) is 1. The van der Waals surface area contributed by atoms with Gasteiger partial charge in [-0.2, -0.15) is 13.2 Å². The van der Waals surface area contributed by atoms with Crippen molar-refractivity contribution in [1.82, 2.24) is 19.6 Å². The molecule has 1 N–H and O–H groups in total. The number of pyridine rings is 1. The van der Waals surface area contributed by atoms with Crippen LogP contribution in [0.15, 0.2) is 18.3 Å². The second kappa shape index (κ2) is 7.33. The van der Waals surface area contributed by atoms with Gasteiger partial charge in [0.05, 0.1) is 5.54 Å². The van der Waals surface area contributed by atoms with Crippen molar-refractivity contribution in [2.24, 2.45) is 17.8 Å². The first kappa shape index (κ1) is 23.3. The lowest BCUT2D eigenvalue weighted by atomic mass is 10.0. The molecule has 11 heteroatoms. The molecule has 2 aliphatic rings. The summed E-state index contributed by atoms with van der Waals surface area (Å²) in [6.45, 7) is 9.13. The van der Waals surface area contributed by atoms with Crippen molar-refractivity contribution in [3.8, 4) is 0 Å². The number of alkyl halides is 3. The van der Waals surface area contributed by atoms with Crippen LogP contribution in [-0.2, 0) is 21.2 Å². The number of amides is 2. The van der Waals surface area contributed by atoms with Gasteiger partial charge in [0.1, 0.15) is 22.8 Å². The van der Waals surface area contributed by atoms with E-state index in [9.17, 15) is 27.2 Å². The molecule has 4 rings (SSSR count). The Morgan fingerprint density at radius 2 is 1.73 bits per heavy atom. The highest BCUT2D eigenvalue weighted by Gasteiger charge is 2.61.